The molecule has 3 rings (SSSR count). The summed E-state index contributed by atoms with van der Waals surface area (Å²) in [5.74, 6) is -2.01. The third-order valence-corrected chi connectivity index (χ3v) is 6.43. The molecule has 10 heteroatoms. The predicted molar refractivity (Wildman–Crippen MR) is 134 cm³/mol. The molecule has 0 saturated carbocycles. The van der Waals surface area contributed by atoms with Crippen LogP contribution < -0.4 is 5.32 Å². The van der Waals surface area contributed by atoms with Crippen molar-refractivity contribution >= 4 is 34.0 Å². The smallest absolute Gasteiger partial charge is 0.408 e. The molecule has 1 aromatic carbocycles. The number of carbonyl (C=O) groups excluding carboxylic acids is 3. The van der Waals surface area contributed by atoms with Gasteiger partial charge in [-0.15, -0.1) is 0 Å². The van der Waals surface area contributed by atoms with Crippen molar-refractivity contribution in [3.8, 4) is 0 Å². The maximum absolute atomic E-state index is 13.3. The molecule has 1 amide bonds. The Bertz CT molecular complexity index is 976. The van der Waals surface area contributed by atoms with E-state index in [-0.39, 0.29) is 31.2 Å². The number of amides is 1. The fraction of sp³-hybridized carbons (Fsp3) is 0.577. The van der Waals surface area contributed by atoms with E-state index >= 15 is 0 Å². The quantitative estimate of drug-likeness (QED) is 0.296. The first-order valence-electron chi connectivity index (χ1n) is 12.0. The van der Waals surface area contributed by atoms with Crippen LogP contribution in [0, 0.1) is 5.92 Å². The minimum Gasteiger partial charge on any atom is -0.464 e. The van der Waals surface area contributed by atoms with Crippen LogP contribution in [0.25, 0.3) is 0 Å². The third kappa shape index (κ3) is 6.66. The molecule has 1 fully saturated rings. The van der Waals surface area contributed by atoms with Gasteiger partial charge in [0, 0.05) is 12.0 Å². The van der Waals surface area contributed by atoms with E-state index in [0.29, 0.717) is 5.33 Å². The van der Waals surface area contributed by atoms with Crippen molar-refractivity contribution in [2.24, 2.45) is 5.92 Å². The Labute approximate surface area is 219 Å². The number of hydrogen-bond donors (Lipinski definition) is 1. The molecule has 0 aromatic heterocycles. The molecular formula is C26H34BrNO8. The molecule has 1 aliphatic heterocycles. The average molecular weight is 568 g/mol. The van der Waals surface area contributed by atoms with Gasteiger partial charge >= 0.3 is 18.0 Å². The summed E-state index contributed by atoms with van der Waals surface area (Å²) in [6, 6.07) is 9.09. The number of alkyl halides is 1. The second-order valence-corrected chi connectivity index (χ2v) is 10.4. The minimum atomic E-state index is -1.59. The normalized spacial score (nSPS) is 26.6. The fourth-order valence-electron chi connectivity index (χ4n) is 4.25. The van der Waals surface area contributed by atoms with Crippen LogP contribution in [0.3, 0.4) is 0 Å². The van der Waals surface area contributed by atoms with E-state index in [4.69, 9.17) is 23.7 Å². The van der Waals surface area contributed by atoms with E-state index in [9.17, 15) is 14.4 Å². The SMILES string of the molecule is CCOC(=O)[C@]12CC(C(=O)OC(C)(C)C)=C[C@H](OC(=O)N[C@H](C)c3ccccc3)[C@H]1CO[C@@H](CBr)O2. The number of carbonyl (C=O) groups is 3. The van der Waals surface area contributed by atoms with Crippen LogP contribution in [0.2, 0.25) is 0 Å². The van der Waals surface area contributed by atoms with Crippen LogP contribution >= 0.6 is 15.9 Å². The number of nitrogens with one attached hydrogen (secondary N) is 1. The average Bonchev–Trinajstić information content (AvgIpc) is 2.83. The second kappa shape index (κ2) is 11.7. The lowest BCUT2D eigenvalue weighted by Gasteiger charge is -2.48. The Kier molecular flexibility index (Phi) is 9.18. The maximum atomic E-state index is 13.3. The van der Waals surface area contributed by atoms with Crippen molar-refractivity contribution in [1.29, 1.82) is 0 Å². The summed E-state index contributed by atoms with van der Waals surface area (Å²) < 4.78 is 28.6. The van der Waals surface area contributed by atoms with Crippen molar-refractivity contribution in [3.63, 3.8) is 0 Å². The predicted octanol–water partition coefficient (Wildman–Crippen LogP) is 4.20. The van der Waals surface area contributed by atoms with Gasteiger partial charge < -0.3 is 29.0 Å². The van der Waals surface area contributed by atoms with Crippen LogP contribution in [-0.2, 0) is 33.3 Å². The first kappa shape index (κ1) is 28.1. The van der Waals surface area contributed by atoms with Crippen LogP contribution in [0.4, 0.5) is 4.79 Å². The molecule has 0 bridgehead atoms. The lowest BCUT2D eigenvalue weighted by molar-refractivity contribution is -0.284. The Morgan fingerprint density at radius 1 is 1.22 bits per heavy atom. The molecule has 1 aliphatic carbocycles. The van der Waals surface area contributed by atoms with Crippen LogP contribution in [-0.4, -0.2) is 60.2 Å². The Balaban J connectivity index is 1.93. The van der Waals surface area contributed by atoms with Crippen LogP contribution in [0.5, 0.6) is 0 Å². The van der Waals surface area contributed by atoms with Gasteiger partial charge in [0.15, 0.2) is 11.9 Å². The summed E-state index contributed by atoms with van der Waals surface area (Å²) in [7, 11) is 0. The number of alkyl carbamates (subject to hydrolysis) is 1. The highest BCUT2D eigenvalue weighted by atomic mass is 79.9. The van der Waals surface area contributed by atoms with Crippen LogP contribution in [0.15, 0.2) is 42.0 Å². The summed E-state index contributed by atoms with van der Waals surface area (Å²) in [5.41, 5.74) is -1.30. The molecule has 1 aromatic rings. The molecule has 0 unspecified atom stereocenters. The summed E-state index contributed by atoms with van der Waals surface area (Å²) in [4.78, 5) is 39.3. The zero-order valence-electron chi connectivity index (χ0n) is 21.2. The monoisotopic (exact) mass is 567 g/mol. The Hall–Kier alpha value is -2.43. The molecule has 1 N–H and O–H groups in total. The molecule has 2 aliphatic rings. The van der Waals surface area contributed by atoms with Crippen LogP contribution in [0.1, 0.15) is 52.6 Å². The number of fused-ring (bicyclic) bond motifs is 1. The third-order valence-electron chi connectivity index (χ3n) is 5.90. The van der Waals surface area contributed by atoms with Crippen molar-refractivity contribution in [3.05, 3.63) is 47.5 Å². The standard InChI is InChI=1S/C26H34BrNO8/c1-6-32-23(30)26-13-18(22(29)36-25(3,4)5)12-20(19(26)15-33-21(14-27)35-26)34-24(31)28-16(2)17-10-8-7-9-11-17/h7-12,16,19-21H,6,13-15H2,1-5H3,(H,28,31)/t16-,19-,20+,21-,26+/m1/s1. The first-order chi connectivity index (χ1) is 17.0. The highest BCUT2D eigenvalue weighted by Gasteiger charge is 2.59. The van der Waals surface area contributed by atoms with Gasteiger partial charge in [-0.25, -0.2) is 14.4 Å². The number of esters is 2. The van der Waals surface area contributed by atoms with E-state index in [2.05, 4.69) is 21.2 Å². The highest BCUT2D eigenvalue weighted by Crippen LogP contribution is 2.44. The molecule has 9 nitrogen and oxygen atoms in total. The van der Waals surface area contributed by atoms with Gasteiger partial charge in [-0.1, -0.05) is 46.3 Å². The van der Waals surface area contributed by atoms with Crippen molar-refractivity contribution in [2.75, 3.05) is 18.5 Å². The zero-order chi connectivity index (χ0) is 26.5. The summed E-state index contributed by atoms with van der Waals surface area (Å²) >= 11 is 3.32. The lowest BCUT2D eigenvalue weighted by Crippen LogP contribution is -2.63. The Morgan fingerprint density at radius 3 is 2.53 bits per heavy atom. The number of ether oxygens (including phenoxy) is 5. The number of benzene rings is 1. The summed E-state index contributed by atoms with van der Waals surface area (Å²) in [5, 5.41) is 3.09. The van der Waals surface area contributed by atoms with Crippen molar-refractivity contribution in [1.82, 2.24) is 5.32 Å². The van der Waals surface area contributed by atoms with E-state index in [0.717, 1.165) is 5.56 Å². The molecule has 0 spiro atoms. The topological polar surface area (TPSA) is 109 Å². The van der Waals surface area contributed by atoms with E-state index in [1.54, 1.807) is 27.7 Å². The van der Waals surface area contributed by atoms with E-state index in [1.807, 2.05) is 37.3 Å². The minimum absolute atomic E-state index is 0.0549. The highest BCUT2D eigenvalue weighted by molar-refractivity contribution is 9.09. The number of rotatable bonds is 7. The number of halogens is 1. The van der Waals surface area contributed by atoms with Crippen molar-refractivity contribution < 1.29 is 38.1 Å². The molecule has 1 saturated heterocycles. The molecule has 36 heavy (non-hydrogen) atoms. The summed E-state index contributed by atoms with van der Waals surface area (Å²) in [6.07, 6.45) is -1.05. The molecule has 0 radical (unpaired) electrons. The van der Waals surface area contributed by atoms with Gasteiger partial charge in [-0.05, 0) is 46.3 Å². The first-order valence-corrected chi connectivity index (χ1v) is 13.1. The van der Waals surface area contributed by atoms with E-state index in [1.165, 1.54) is 6.08 Å². The Morgan fingerprint density at radius 2 is 1.92 bits per heavy atom. The zero-order valence-corrected chi connectivity index (χ0v) is 22.8. The number of hydrogen-bond acceptors (Lipinski definition) is 8. The van der Waals surface area contributed by atoms with E-state index < -0.39 is 47.5 Å². The van der Waals surface area contributed by atoms with Gasteiger partial charge in [0.05, 0.1) is 30.5 Å². The molecule has 1 heterocycles. The molecule has 5 atom stereocenters. The van der Waals surface area contributed by atoms with Gasteiger partial charge in [-0.3, -0.25) is 0 Å². The largest absolute Gasteiger partial charge is 0.464 e. The molecule has 198 valence electrons. The summed E-state index contributed by atoms with van der Waals surface area (Å²) in [6.45, 7) is 8.92. The second-order valence-electron chi connectivity index (χ2n) is 9.77. The fourth-order valence-corrected chi connectivity index (χ4v) is 4.57. The maximum Gasteiger partial charge on any atom is 0.408 e. The lowest BCUT2D eigenvalue weighted by atomic mass is 9.73. The van der Waals surface area contributed by atoms with Gasteiger partial charge in [-0.2, -0.15) is 0 Å². The van der Waals surface area contributed by atoms with Gasteiger partial charge in [0.25, 0.3) is 0 Å². The molecular weight excluding hydrogens is 534 g/mol. The van der Waals surface area contributed by atoms with Gasteiger partial charge in [0.2, 0.25) is 0 Å². The van der Waals surface area contributed by atoms with Crippen molar-refractivity contribution in [2.45, 2.75) is 70.7 Å². The van der Waals surface area contributed by atoms with Gasteiger partial charge in [0.1, 0.15) is 11.7 Å².